The van der Waals surface area contributed by atoms with Crippen molar-refractivity contribution in [1.29, 1.82) is 0 Å². The molecule has 7 heteroatoms. The Morgan fingerprint density at radius 1 is 0.818 bits per heavy atom. The molecule has 4 aromatic rings. The van der Waals surface area contributed by atoms with Crippen molar-refractivity contribution in [3.05, 3.63) is 126 Å². The molecule has 0 saturated carbocycles. The molecule has 5 rings (SSSR count). The van der Waals surface area contributed by atoms with Gasteiger partial charge in [-0.2, -0.15) is 0 Å². The Balaban J connectivity index is 1.31. The highest BCUT2D eigenvalue weighted by Crippen LogP contribution is 2.34. The molecule has 1 saturated heterocycles. The number of carbonyl (C=O) groups excluding carboxylic acids is 2. The second kappa shape index (κ2) is 14.9. The first-order valence-electron chi connectivity index (χ1n) is 15.3. The largest absolute Gasteiger partial charge is 0.462 e. The molecule has 0 aromatic heterocycles. The lowest BCUT2D eigenvalue weighted by atomic mass is 10.1. The fraction of sp³-hybridized carbons (Fsp3) is 0.243. The van der Waals surface area contributed by atoms with Gasteiger partial charge in [-0.25, -0.2) is 4.79 Å². The lowest BCUT2D eigenvalue weighted by molar-refractivity contribution is -0.125. The second-order valence-corrected chi connectivity index (χ2v) is 10.6. The van der Waals surface area contributed by atoms with Gasteiger partial charge in [0.25, 0.3) is 12.3 Å². The van der Waals surface area contributed by atoms with Crippen LogP contribution < -0.4 is 10.2 Å². The number of esters is 1. The minimum Gasteiger partial charge on any atom is -0.462 e. The molecule has 1 heterocycles. The third-order valence-corrected chi connectivity index (χ3v) is 7.47. The highest BCUT2D eigenvalue weighted by Gasteiger charge is 2.36. The third kappa shape index (κ3) is 7.29. The Morgan fingerprint density at radius 3 is 2.07 bits per heavy atom. The van der Waals surface area contributed by atoms with Crippen molar-refractivity contribution in [3.63, 3.8) is 0 Å². The minimum atomic E-state index is -0.761. The van der Waals surface area contributed by atoms with Crippen molar-refractivity contribution < 1.29 is 19.1 Å². The van der Waals surface area contributed by atoms with E-state index in [9.17, 15) is 9.59 Å². The molecule has 1 aliphatic heterocycles. The van der Waals surface area contributed by atoms with Crippen molar-refractivity contribution in [2.24, 2.45) is 0 Å². The predicted octanol–water partition coefficient (Wildman–Crippen LogP) is 8.51. The molecule has 1 unspecified atom stereocenters. The molecule has 44 heavy (non-hydrogen) atoms. The van der Waals surface area contributed by atoms with Gasteiger partial charge >= 0.3 is 5.97 Å². The van der Waals surface area contributed by atoms with Gasteiger partial charge in [-0.15, -0.1) is 0 Å². The number of benzene rings is 4. The van der Waals surface area contributed by atoms with E-state index in [0.29, 0.717) is 24.4 Å². The summed E-state index contributed by atoms with van der Waals surface area (Å²) in [6.45, 7) is 4.85. The summed E-state index contributed by atoms with van der Waals surface area (Å²) in [6, 6.07) is 35.5. The summed E-state index contributed by atoms with van der Waals surface area (Å²) in [5.74, 6) is -0.385. The average molecular weight is 590 g/mol. The molecule has 0 spiro atoms. The zero-order valence-electron chi connectivity index (χ0n) is 25.3. The number of nitrogens with one attached hydrogen (secondary N) is 1. The summed E-state index contributed by atoms with van der Waals surface area (Å²) in [5.41, 5.74) is 4.88. The molecule has 0 aliphatic carbocycles. The molecule has 226 valence electrons. The van der Waals surface area contributed by atoms with Crippen molar-refractivity contribution in [3.8, 4) is 0 Å². The van der Waals surface area contributed by atoms with E-state index in [0.717, 1.165) is 48.3 Å². The van der Waals surface area contributed by atoms with Crippen molar-refractivity contribution in [2.75, 3.05) is 23.4 Å². The summed E-state index contributed by atoms with van der Waals surface area (Å²) < 4.78 is 11.6. The molecule has 0 bridgehead atoms. The van der Waals surface area contributed by atoms with Crippen LogP contribution in [0, 0.1) is 0 Å². The quantitative estimate of drug-likeness (QED) is 0.0958. The Kier molecular flexibility index (Phi) is 10.3. The number of hydrogen-bond acceptors (Lipinski definition) is 6. The van der Waals surface area contributed by atoms with Crippen LogP contribution in [-0.4, -0.2) is 36.3 Å². The minimum absolute atomic E-state index is 0.222. The van der Waals surface area contributed by atoms with Crippen LogP contribution in [0.1, 0.15) is 55.5 Å². The van der Waals surface area contributed by atoms with Crippen LogP contribution >= 0.6 is 0 Å². The van der Waals surface area contributed by atoms with Crippen LogP contribution in [0.4, 0.5) is 22.7 Å². The van der Waals surface area contributed by atoms with Crippen molar-refractivity contribution >= 4 is 40.7 Å². The van der Waals surface area contributed by atoms with E-state index in [1.165, 1.54) is 0 Å². The van der Waals surface area contributed by atoms with Crippen LogP contribution in [0.25, 0.3) is 6.08 Å². The number of rotatable bonds is 13. The normalized spacial score (nSPS) is 15.2. The molecule has 1 atom stereocenters. The van der Waals surface area contributed by atoms with Crippen LogP contribution in [0.2, 0.25) is 0 Å². The summed E-state index contributed by atoms with van der Waals surface area (Å²) in [5, 5.41) is 3.24. The van der Waals surface area contributed by atoms with E-state index in [-0.39, 0.29) is 11.7 Å². The van der Waals surface area contributed by atoms with Crippen molar-refractivity contribution in [1.82, 2.24) is 4.90 Å². The summed E-state index contributed by atoms with van der Waals surface area (Å²) in [6.07, 6.45) is 5.10. The topological polar surface area (TPSA) is 71.1 Å². The molecule has 1 N–H and O–H groups in total. The number of para-hydroxylation sites is 3. The molecule has 1 aliphatic rings. The van der Waals surface area contributed by atoms with Gasteiger partial charge in [0, 0.05) is 23.6 Å². The predicted molar refractivity (Wildman–Crippen MR) is 176 cm³/mol. The van der Waals surface area contributed by atoms with Crippen LogP contribution in [-0.2, 0) is 14.3 Å². The van der Waals surface area contributed by atoms with Gasteiger partial charge in [0.1, 0.15) is 0 Å². The number of ether oxygens (including phenoxy) is 2. The SMILES string of the molecule is CCCCCCOC(=O)c1ccccc1NC1OC(=Cc2ccc(N(c3ccccc3)c3ccccc3)cc2)C(=O)N1CC. The molecule has 1 amide bonds. The Morgan fingerprint density at radius 2 is 1.43 bits per heavy atom. The molecule has 7 nitrogen and oxygen atoms in total. The number of likely N-dealkylation sites (N-methyl/N-ethyl adjacent to an activating group) is 1. The number of amides is 1. The van der Waals surface area contributed by atoms with Crippen LogP contribution in [0.15, 0.2) is 115 Å². The van der Waals surface area contributed by atoms with Crippen LogP contribution in [0.3, 0.4) is 0 Å². The van der Waals surface area contributed by atoms with E-state index in [4.69, 9.17) is 9.47 Å². The van der Waals surface area contributed by atoms with Crippen molar-refractivity contribution in [2.45, 2.75) is 45.9 Å². The molecule has 4 aromatic carbocycles. The maximum atomic E-state index is 13.3. The molecule has 0 radical (unpaired) electrons. The summed E-state index contributed by atoms with van der Waals surface area (Å²) >= 11 is 0. The number of unbranched alkanes of at least 4 members (excludes halogenated alkanes) is 3. The average Bonchev–Trinajstić information content (AvgIpc) is 3.35. The summed E-state index contributed by atoms with van der Waals surface area (Å²) in [4.78, 5) is 30.0. The monoisotopic (exact) mass is 589 g/mol. The first-order chi connectivity index (χ1) is 21.6. The zero-order valence-corrected chi connectivity index (χ0v) is 25.3. The molecular formula is C37H39N3O4. The second-order valence-electron chi connectivity index (χ2n) is 10.6. The molecular weight excluding hydrogens is 550 g/mol. The van der Waals surface area contributed by atoms with E-state index < -0.39 is 12.3 Å². The fourth-order valence-electron chi connectivity index (χ4n) is 5.16. The van der Waals surface area contributed by atoms with Gasteiger partial charge in [0.05, 0.1) is 17.9 Å². The smallest absolute Gasteiger partial charge is 0.340 e. The number of hydrogen-bond donors (Lipinski definition) is 1. The van der Waals surface area contributed by atoms with Gasteiger partial charge in [-0.05, 0) is 73.5 Å². The summed E-state index contributed by atoms with van der Waals surface area (Å²) in [7, 11) is 0. The van der Waals surface area contributed by atoms with Crippen LogP contribution in [0.5, 0.6) is 0 Å². The Labute approximate surface area is 259 Å². The standard InChI is InChI=1S/C37H39N3O4/c1-3-5-6-15-26-43-36(42)32-20-13-14-21-33(32)38-37-39(4-2)35(41)34(44-37)27-28-22-24-31(25-23-28)40(29-16-9-7-10-17-29)30-18-11-8-12-19-30/h7-14,16-25,27,37-38H,3-6,15,26H2,1-2H3. The highest BCUT2D eigenvalue weighted by atomic mass is 16.5. The first kappa shape index (κ1) is 30.4. The lowest BCUT2D eigenvalue weighted by Crippen LogP contribution is -2.39. The highest BCUT2D eigenvalue weighted by molar-refractivity contribution is 5.99. The maximum Gasteiger partial charge on any atom is 0.340 e. The maximum absolute atomic E-state index is 13.3. The zero-order chi connectivity index (χ0) is 30.7. The van der Waals surface area contributed by atoms with Gasteiger partial charge < -0.3 is 19.7 Å². The van der Waals surface area contributed by atoms with E-state index in [1.54, 1.807) is 29.2 Å². The number of carbonyl (C=O) groups is 2. The first-order valence-corrected chi connectivity index (χ1v) is 15.3. The molecule has 1 fully saturated rings. The van der Waals surface area contributed by atoms with Gasteiger partial charge in [-0.3, -0.25) is 9.69 Å². The van der Waals surface area contributed by atoms with E-state index in [2.05, 4.69) is 41.4 Å². The number of anilines is 4. The van der Waals surface area contributed by atoms with Gasteiger partial charge in [0.2, 0.25) is 0 Å². The van der Waals surface area contributed by atoms with Gasteiger partial charge in [-0.1, -0.05) is 86.8 Å². The number of nitrogens with zero attached hydrogens (tertiary/aromatic N) is 2. The fourth-order valence-corrected chi connectivity index (χ4v) is 5.16. The Hall–Kier alpha value is -5.04. The lowest BCUT2D eigenvalue weighted by Gasteiger charge is -2.25. The van der Waals surface area contributed by atoms with Gasteiger partial charge in [0.15, 0.2) is 5.76 Å². The third-order valence-electron chi connectivity index (χ3n) is 7.47. The Bertz CT molecular complexity index is 1520. The van der Waals surface area contributed by atoms with E-state index >= 15 is 0 Å². The van der Waals surface area contributed by atoms with E-state index in [1.807, 2.05) is 73.7 Å².